The van der Waals surface area contributed by atoms with Crippen molar-refractivity contribution in [3.8, 4) is 11.3 Å². The molecule has 0 bridgehead atoms. The largest absolute Gasteiger partial charge is 0.393 e. The third-order valence-corrected chi connectivity index (χ3v) is 4.15. The molecule has 0 saturated carbocycles. The summed E-state index contributed by atoms with van der Waals surface area (Å²) in [5.41, 5.74) is 3.06. The number of benzene rings is 1. The molecule has 1 aromatic carbocycles. The summed E-state index contributed by atoms with van der Waals surface area (Å²) in [6.07, 6.45) is 3.53. The van der Waals surface area contributed by atoms with E-state index >= 15 is 0 Å². The number of carbonyl (C=O) groups is 1. The van der Waals surface area contributed by atoms with Gasteiger partial charge in [0.05, 0.1) is 22.9 Å². The number of aliphatic hydroxyl groups is 1. The number of para-hydroxylation sites is 1. The number of carbonyl (C=O) groups excluding carboxylic acids is 1. The SMILES string of the molecule is CC(O)CCN(C)C(=O)c1cc(-c2ccncc2)nc2ccccc12. The number of amides is 1. The molecule has 128 valence electrons. The molecule has 3 aromatic rings. The highest BCUT2D eigenvalue weighted by Gasteiger charge is 2.17. The standard InChI is InChI=1S/C20H21N3O2/c1-14(24)9-12-23(2)20(25)17-13-19(15-7-10-21-11-8-15)22-18-6-4-3-5-16(17)18/h3-8,10-11,13-14,24H,9,12H2,1-2H3. The lowest BCUT2D eigenvalue weighted by Gasteiger charge is -2.19. The number of hydrogen-bond acceptors (Lipinski definition) is 4. The van der Waals surface area contributed by atoms with Crippen LogP contribution in [0.15, 0.2) is 54.9 Å². The molecule has 0 spiro atoms. The average molecular weight is 335 g/mol. The second kappa shape index (κ2) is 7.40. The van der Waals surface area contributed by atoms with Crippen molar-refractivity contribution >= 4 is 16.8 Å². The lowest BCUT2D eigenvalue weighted by molar-refractivity contribution is 0.0771. The molecule has 25 heavy (non-hydrogen) atoms. The Morgan fingerprint density at radius 3 is 2.64 bits per heavy atom. The molecule has 0 aliphatic heterocycles. The van der Waals surface area contributed by atoms with Crippen molar-refractivity contribution in [1.82, 2.24) is 14.9 Å². The van der Waals surface area contributed by atoms with E-state index in [9.17, 15) is 9.90 Å². The fraction of sp³-hybridized carbons (Fsp3) is 0.250. The van der Waals surface area contributed by atoms with Gasteiger partial charge < -0.3 is 10.0 Å². The maximum Gasteiger partial charge on any atom is 0.254 e. The number of rotatable bonds is 5. The Balaban J connectivity index is 2.05. The van der Waals surface area contributed by atoms with Crippen molar-refractivity contribution < 1.29 is 9.90 Å². The molecule has 0 aliphatic carbocycles. The van der Waals surface area contributed by atoms with Gasteiger partial charge >= 0.3 is 0 Å². The van der Waals surface area contributed by atoms with Crippen LogP contribution in [0.4, 0.5) is 0 Å². The second-order valence-corrected chi connectivity index (χ2v) is 6.17. The molecule has 3 rings (SSSR count). The van der Waals surface area contributed by atoms with E-state index in [4.69, 9.17) is 0 Å². The third kappa shape index (κ3) is 3.83. The topological polar surface area (TPSA) is 66.3 Å². The molecule has 1 N–H and O–H groups in total. The van der Waals surface area contributed by atoms with Gasteiger partial charge in [-0.25, -0.2) is 4.98 Å². The molecular weight excluding hydrogens is 314 g/mol. The maximum atomic E-state index is 13.0. The lowest BCUT2D eigenvalue weighted by Crippen LogP contribution is -2.29. The second-order valence-electron chi connectivity index (χ2n) is 6.17. The van der Waals surface area contributed by atoms with Gasteiger partial charge in [0.2, 0.25) is 0 Å². The molecular formula is C20H21N3O2. The summed E-state index contributed by atoms with van der Waals surface area (Å²) in [6.45, 7) is 2.22. The monoisotopic (exact) mass is 335 g/mol. The lowest BCUT2D eigenvalue weighted by atomic mass is 10.0. The van der Waals surface area contributed by atoms with Gasteiger partial charge in [0.15, 0.2) is 0 Å². The van der Waals surface area contributed by atoms with Gasteiger partial charge in [-0.15, -0.1) is 0 Å². The minimum absolute atomic E-state index is 0.0745. The van der Waals surface area contributed by atoms with Crippen molar-refractivity contribution in [2.24, 2.45) is 0 Å². The number of pyridine rings is 2. The molecule has 1 atom stereocenters. The van der Waals surface area contributed by atoms with Gasteiger partial charge in [0.1, 0.15) is 0 Å². The van der Waals surface area contributed by atoms with Crippen molar-refractivity contribution in [2.75, 3.05) is 13.6 Å². The number of aromatic nitrogens is 2. The summed E-state index contributed by atoms with van der Waals surface area (Å²) in [5.74, 6) is -0.0745. The molecule has 0 saturated heterocycles. The Morgan fingerprint density at radius 1 is 1.20 bits per heavy atom. The normalized spacial score (nSPS) is 12.1. The molecule has 1 unspecified atom stereocenters. The predicted molar refractivity (Wildman–Crippen MR) is 98.2 cm³/mol. The van der Waals surface area contributed by atoms with Crippen molar-refractivity contribution in [3.63, 3.8) is 0 Å². The van der Waals surface area contributed by atoms with Crippen LogP contribution in [0.2, 0.25) is 0 Å². The van der Waals surface area contributed by atoms with E-state index in [-0.39, 0.29) is 5.91 Å². The Morgan fingerprint density at radius 2 is 1.92 bits per heavy atom. The zero-order chi connectivity index (χ0) is 17.8. The molecule has 5 nitrogen and oxygen atoms in total. The smallest absolute Gasteiger partial charge is 0.254 e. The minimum atomic E-state index is -0.434. The number of aliphatic hydroxyl groups excluding tert-OH is 1. The van der Waals surface area contributed by atoms with Gasteiger partial charge in [0.25, 0.3) is 5.91 Å². The first kappa shape index (κ1) is 17.0. The number of fused-ring (bicyclic) bond motifs is 1. The highest BCUT2D eigenvalue weighted by Crippen LogP contribution is 2.25. The van der Waals surface area contributed by atoms with Crippen LogP contribution in [-0.2, 0) is 0 Å². The van der Waals surface area contributed by atoms with E-state index in [1.165, 1.54) is 0 Å². The highest BCUT2D eigenvalue weighted by atomic mass is 16.3. The predicted octanol–water partition coefficient (Wildman–Crippen LogP) is 3.14. The Hall–Kier alpha value is -2.79. The molecule has 1 amide bonds. The van der Waals surface area contributed by atoms with Crippen molar-refractivity contribution in [2.45, 2.75) is 19.4 Å². The summed E-state index contributed by atoms with van der Waals surface area (Å²) in [6, 6.07) is 13.2. The molecule has 2 heterocycles. The van der Waals surface area contributed by atoms with Crippen LogP contribution in [0, 0.1) is 0 Å². The van der Waals surface area contributed by atoms with E-state index in [0.717, 1.165) is 22.2 Å². The Labute approximate surface area is 147 Å². The quantitative estimate of drug-likeness (QED) is 0.778. The van der Waals surface area contributed by atoms with Gasteiger partial charge in [-0.1, -0.05) is 18.2 Å². The zero-order valence-corrected chi connectivity index (χ0v) is 14.4. The third-order valence-electron chi connectivity index (χ3n) is 4.15. The van der Waals surface area contributed by atoms with Gasteiger partial charge in [-0.3, -0.25) is 9.78 Å². The molecule has 0 radical (unpaired) electrons. The van der Waals surface area contributed by atoms with Gasteiger partial charge in [-0.05, 0) is 37.6 Å². The van der Waals surface area contributed by atoms with Crippen LogP contribution in [0.1, 0.15) is 23.7 Å². The van der Waals surface area contributed by atoms with Crippen LogP contribution in [0.3, 0.4) is 0 Å². The first-order valence-electron chi connectivity index (χ1n) is 8.30. The van der Waals surface area contributed by atoms with E-state index in [2.05, 4.69) is 9.97 Å². The van der Waals surface area contributed by atoms with Crippen LogP contribution >= 0.6 is 0 Å². The van der Waals surface area contributed by atoms with Crippen molar-refractivity contribution in [3.05, 3.63) is 60.4 Å². The Bertz CT molecular complexity index is 879. The van der Waals surface area contributed by atoms with E-state index in [1.54, 1.807) is 31.3 Å². The van der Waals surface area contributed by atoms with Crippen LogP contribution in [0.5, 0.6) is 0 Å². The van der Waals surface area contributed by atoms with Gasteiger partial charge in [0, 0.05) is 36.9 Å². The first-order chi connectivity index (χ1) is 12.1. The van der Waals surface area contributed by atoms with Crippen LogP contribution < -0.4 is 0 Å². The minimum Gasteiger partial charge on any atom is -0.393 e. The molecule has 5 heteroatoms. The number of hydrogen-bond donors (Lipinski definition) is 1. The Kier molecular flexibility index (Phi) is 5.05. The summed E-state index contributed by atoms with van der Waals surface area (Å²) >= 11 is 0. The first-order valence-corrected chi connectivity index (χ1v) is 8.30. The summed E-state index contributed by atoms with van der Waals surface area (Å²) < 4.78 is 0. The number of nitrogens with zero attached hydrogens (tertiary/aromatic N) is 3. The highest BCUT2D eigenvalue weighted by molar-refractivity contribution is 6.07. The summed E-state index contributed by atoms with van der Waals surface area (Å²) in [7, 11) is 1.76. The molecule has 0 fully saturated rings. The van der Waals surface area contributed by atoms with E-state index in [1.807, 2.05) is 42.5 Å². The fourth-order valence-electron chi connectivity index (χ4n) is 2.71. The fourth-order valence-corrected chi connectivity index (χ4v) is 2.71. The summed E-state index contributed by atoms with van der Waals surface area (Å²) in [4.78, 5) is 23.3. The zero-order valence-electron chi connectivity index (χ0n) is 14.4. The van der Waals surface area contributed by atoms with Crippen LogP contribution in [0.25, 0.3) is 22.2 Å². The maximum absolute atomic E-state index is 13.0. The van der Waals surface area contributed by atoms with Gasteiger partial charge in [-0.2, -0.15) is 0 Å². The van der Waals surface area contributed by atoms with E-state index in [0.29, 0.717) is 18.5 Å². The van der Waals surface area contributed by atoms with Crippen molar-refractivity contribution in [1.29, 1.82) is 0 Å². The average Bonchev–Trinajstić information content (AvgIpc) is 2.65. The van der Waals surface area contributed by atoms with Crippen LogP contribution in [-0.4, -0.2) is 45.6 Å². The molecule has 2 aromatic heterocycles. The van der Waals surface area contributed by atoms with E-state index < -0.39 is 6.10 Å². The molecule has 0 aliphatic rings. The summed E-state index contributed by atoms with van der Waals surface area (Å²) in [5, 5.41) is 10.3.